The number of nitriles is 1. The number of rotatable bonds is 2. The average molecular weight is 189 g/mol. The fourth-order valence-electron chi connectivity index (χ4n) is 2.18. The van der Waals surface area contributed by atoms with Crippen molar-refractivity contribution in [2.24, 2.45) is 0 Å². The largest absolute Gasteiger partial charge is 0.332 e. The number of hydrogen-bond donors (Lipinski definition) is 0. The van der Waals surface area contributed by atoms with Crippen LogP contribution in [0.3, 0.4) is 0 Å². The van der Waals surface area contributed by atoms with E-state index in [4.69, 9.17) is 5.26 Å². The Balaban J connectivity index is 2.42. The molecule has 0 saturated carbocycles. The van der Waals surface area contributed by atoms with E-state index in [1.165, 1.54) is 18.5 Å². The van der Waals surface area contributed by atoms with Crippen LogP contribution in [0, 0.1) is 11.3 Å². The first-order valence-electron chi connectivity index (χ1n) is 5.31. The van der Waals surface area contributed by atoms with E-state index in [2.05, 4.69) is 22.5 Å². The van der Waals surface area contributed by atoms with Crippen LogP contribution in [-0.4, -0.2) is 9.55 Å². The molecule has 1 aromatic heterocycles. The summed E-state index contributed by atoms with van der Waals surface area (Å²) < 4.78 is 2.32. The van der Waals surface area contributed by atoms with Gasteiger partial charge in [-0.05, 0) is 19.3 Å². The smallest absolute Gasteiger partial charge is 0.108 e. The van der Waals surface area contributed by atoms with E-state index in [1.807, 2.05) is 0 Å². The Morgan fingerprint density at radius 2 is 2.36 bits per heavy atom. The molecule has 0 N–H and O–H groups in total. The summed E-state index contributed by atoms with van der Waals surface area (Å²) in [5.74, 6) is 1.16. The van der Waals surface area contributed by atoms with Gasteiger partial charge >= 0.3 is 0 Å². The summed E-state index contributed by atoms with van der Waals surface area (Å²) in [5, 5.41) is 8.70. The van der Waals surface area contributed by atoms with E-state index < -0.39 is 0 Å². The summed E-state index contributed by atoms with van der Waals surface area (Å²) in [6.07, 6.45) is 5.04. The van der Waals surface area contributed by atoms with Crippen molar-refractivity contribution in [1.82, 2.24) is 9.55 Å². The van der Waals surface area contributed by atoms with E-state index in [0.29, 0.717) is 6.42 Å². The van der Waals surface area contributed by atoms with Crippen LogP contribution in [-0.2, 0) is 25.8 Å². The van der Waals surface area contributed by atoms with E-state index in [0.717, 1.165) is 30.9 Å². The van der Waals surface area contributed by atoms with E-state index >= 15 is 0 Å². The quantitative estimate of drug-likeness (QED) is 0.712. The normalized spacial score (nSPS) is 14.9. The van der Waals surface area contributed by atoms with Crippen LogP contribution in [0.25, 0.3) is 0 Å². The predicted octanol–water partition coefficient (Wildman–Crippen LogP) is 1.85. The number of fused-ring (bicyclic) bond motifs is 1. The molecule has 1 aliphatic rings. The van der Waals surface area contributed by atoms with Crippen molar-refractivity contribution >= 4 is 0 Å². The Morgan fingerprint density at radius 3 is 3.07 bits per heavy atom. The second-order valence-electron chi connectivity index (χ2n) is 3.72. The number of aryl methyl sites for hydroxylation is 1. The van der Waals surface area contributed by atoms with Gasteiger partial charge < -0.3 is 4.57 Å². The highest BCUT2D eigenvalue weighted by atomic mass is 15.1. The van der Waals surface area contributed by atoms with Crippen molar-refractivity contribution in [3.63, 3.8) is 0 Å². The third-order valence-electron chi connectivity index (χ3n) is 2.84. The van der Waals surface area contributed by atoms with Gasteiger partial charge in [-0.1, -0.05) is 6.92 Å². The van der Waals surface area contributed by atoms with E-state index in [9.17, 15) is 0 Å². The van der Waals surface area contributed by atoms with Crippen LogP contribution in [0.1, 0.15) is 37.0 Å². The average Bonchev–Trinajstić information content (AvgIpc) is 2.58. The van der Waals surface area contributed by atoms with Gasteiger partial charge in [0.25, 0.3) is 0 Å². The lowest BCUT2D eigenvalue weighted by Gasteiger charge is -2.16. The molecular weight excluding hydrogens is 174 g/mol. The fourth-order valence-corrected chi connectivity index (χ4v) is 2.18. The van der Waals surface area contributed by atoms with Gasteiger partial charge in [0.05, 0.1) is 18.2 Å². The van der Waals surface area contributed by atoms with Gasteiger partial charge in [0.2, 0.25) is 0 Å². The van der Waals surface area contributed by atoms with Crippen LogP contribution in [0.2, 0.25) is 0 Å². The summed E-state index contributed by atoms with van der Waals surface area (Å²) in [7, 11) is 0. The molecule has 1 aliphatic heterocycles. The highest BCUT2D eigenvalue weighted by Crippen LogP contribution is 2.21. The van der Waals surface area contributed by atoms with Gasteiger partial charge in [-0.2, -0.15) is 5.26 Å². The van der Waals surface area contributed by atoms with Gasteiger partial charge in [-0.3, -0.25) is 0 Å². The molecule has 2 rings (SSSR count). The van der Waals surface area contributed by atoms with Crippen molar-refractivity contribution in [2.45, 2.75) is 45.6 Å². The van der Waals surface area contributed by atoms with Crippen molar-refractivity contribution in [3.8, 4) is 6.07 Å². The summed E-state index contributed by atoms with van der Waals surface area (Å²) in [6, 6.07) is 2.20. The van der Waals surface area contributed by atoms with Crippen LogP contribution in [0.15, 0.2) is 0 Å². The summed E-state index contributed by atoms with van der Waals surface area (Å²) in [4.78, 5) is 4.54. The Bertz CT molecular complexity index is 371. The SMILES string of the molecule is CCc1nc(CC#N)c2n1CCCC2. The van der Waals surface area contributed by atoms with Gasteiger partial charge in [0, 0.05) is 18.7 Å². The van der Waals surface area contributed by atoms with Crippen molar-refractivity contribution in [3.05, 3.63) is 17.2 Å². The molecule has 2 heterocycles. The molecule has 3 nitrogen and oxygen atoms in total. The molecule has 3 heteroatoms. The predicted molar refractivity (Wildman–Crippen MR) is 53.9 cm³/mol. The second kappa shape index (κ2) is 3.83. The molecule has 14 heavy (non-hydrogen) atoms. The molecule has 0 bridgehead atoms. The van der Waals surface area contributed by atoms with Crippen LogP contribution in [0.4, 0.5) is 0 Å². The molecule has 0 unspecified atom stereocenters. The Labute approximate surface area is 84.4 Å². The molecular formula is C11H15N3. The summed E-state index contributed by atoms with van der Waals surface area (Å²) in [5.41, 5.74) is 2.33. The number of imidazole rings is 1. The second-order valence-corrected chi connectivity index (χ2v) is 3.72. The van der Waals surface area contributed by atoms with Crippen molar-refractivity contribution in [1.29, 1.82) is 5.26 Å². The maximum absolute atomic E-state index is 8.70. The number of hydrogen-bond acceptors (Lipinski definition) is 2. The summed E-state index contributed by atoms with van der Waals surface area (Å²) >= 11 is 0. The first-order chi connectivity index (χ1) is 6.86. The van der Waals surface area contributed by atoms with E-state index in [1.54, 1.807) is 0 Å². The van der Waals surface area contributed by atoms with Crippen LogP contribution in [0.5, 0.6) is 0 Å². The lowest BCUT2D eigenvalue weighted by atomic mass is 10.1. The lowest BCUT2D eigenvalue weighted by molar-refractivity contribution is 0.514. The summed E-state index contributed by atoms with van der Waals surface area (Å²) in [6.45, 7) is 3.22. The maximum atomic E-state index is 8.70. The molecule has 0 aliphatic carbocycles. The Hall–Kier alpha value is -1.30. The van der Waals surface area contributed by atoms with Crippen LogP contribution >= 0.6 is 0 Å². The van der Waals surface area contributed by atoms with Gasteiger partial charge in [0.15, 0.2) is 0 Å². The molecule has 1 aromatic rings. The minimum Gasteiger partial charge on any atom is -0.332 e. The first kappa shape index (κ1) is 9.26. The van der Waals surface area contributed by atoms with Gasteiger partial charge in [0.1, 0.15) is 5.82 Å². The molecule has 0 aromatic carbocycles. The van der Waals surface area contributed by atoms with Gasteiger partial charge in [-0.25, -0.2) is 4.98 Å². The standard InChI is InChI=1S/C11H15N3/c1-2-11-13-9(6-7-12)10-5-3-4-8-14(10)11/h2-6,8H2,1H3. The molecule has 74 valence electrons. The Morgan fingerprint density at radius 1 is 1.50 bits per heavy atom. The molecule has 0 amide bonds. The third-order valence-corrected chi connectivity index (χ3v) is 2.84. The number of nitrogens with zero attached hydrogens (tertiary/aromatic N) is 3. The lowest BCUT2D eigenvalue weighted by Crippen LogP contribution is -2.13. The molecule has 0 saturated heterocycles. The first-order valence-corrected chi connectivity index (χ1v) is 5.31. The van der Waals surface area contributed by atoms with Crippen molar-refractivity contribution in [2.75, 3.05) is 0 Å². The minimum absolute atomic E-state index is 0.468. The number of aromatic nitrogens is 2. The zero-order chi connectivity index (χ0) is 9.97. The Kier molecular flexibility index (Phi) is 2.53. The third kappa shape index (κ3) is 1.41. The topological polar surface area (TPSA) is 41.6 Å². The fraction of sp³-hybridized carbons (Fsp3) is 0.636. The highest BCUT2D eigenvalue weighted by molar-refractivity contribution is 5.22. The maximum Gasteiger partial charge on any atom is 0.108 e. The van der Waals surface area contributed by atoms with Crippen LogP contribution < -0.4 is 0 Å². The zero-order valence-electron chi connectivity index (χ0n) is 8.58. The van der Waals surface area contributed by atoms with E-state index in [-0.39, 0.29) is 0 Å². The molecule has 0 fully saturated rings. The molecule has 0 radical (unpaired) electrons. The highest BCUT2D eigenvalue weighted by Gasteiger charge is 2.18. The molecule has 0 atom stereocenters. The minimum atomic E-state index is 0.468. The molecule has 0 spiro atoms. The van der Waals surface area contributed by atoms with Gasteiger partial charge in [-0.15, -0.1) is 0 Å². The zero-order valence-corrected chi connectivity index (χ0v) is 8.58. The monoisotopic (exact) mass is 189 g/mol. The van der Waals surface area contributed by atoms with Crippen molar-refractivity contribution < 1.29 is 0 Å².